The lowest BCUT2D eigenvalue weighted by atomic mass is 10.0. The summed E-state index contributed by atoms with van der Waals surface area (Å²) in [5.74, 6) is -1.81. The van der Waals surface area contributed by atoms with Gasteiger partial charge in [0.1, 0.15) is 0 Å². The van der Waals surface area contributed by atoms with Gasteiger partial charge in [0.15, 0.2) is 6.10 Å². The molecule has 0 saturated heterocycles. The third kappa shape index (κ3) is 3.28. The molecule has 0 fully saturated rings. The molecule has 2 aromatic carbocycles. The van der Waals surface area contributed by atoms with E-state index in [1.165, 1.54) is 6.92 Å². The molecule has 1 aliphatic rings. The largest absolute Gasteiger partial charge is 0.454 e. The lowest BCUT2D eigenvalue weighted by Gasteiger charge is -2.15. The summed E-state index contributed by atoms with van der Waals surface area (Å²) in [5.41, 5.74) is 2.69. The number of aromatic amines is 1. The van der Waals surface area contributed by atoms with Crippen molar-refractivity contribution >= 4 is 34.5 Å². The molecule has 1 atom stereocenters. The topological polar surface area (TPSA) is 96.5 Å². The number of para-hydroxylation sites is 1. The number of Topliss-reactive ketones (excluding diaryl/α,β-unsaturated/α-hetero) is 1. The summed E-state index contributed by atoms with van der Waals surface area (Å²) in [4.78, 5) is 54.1. The molecule has 1 aliphatic heterocycles. The first-order valence-corrected chi connectivity index (χ1v) is 9.64. The Morgan fingerprint density at radius 1 is 1.00 bits per heavy atom. The molecule has 7 nitrogen and oxygen atoms in total. The average Bonchev–Trinajstić information content (AvgIpc) is 3.19. The molecule has 2 heterocycles. The SMILES string of the molecule is Cc1[nH]c2ccccc2c1C(=O)[C@H](C)OC(=O)CCN1C(=O)c2ccccc2C1=O. The van der Waals surface area contributed by atoms with Gasteiger partial charge in [-0.1, -0.05) is 30.3 Å². The van der Waals surface area contributed by atoms with Crippen molar-refractivity contribution in [3.63, 3.8) is 0 Å². The van der Waals surface area contributed by atoms with E-state index in [4.69, 9.17) is 4.74 Å². The summed E-state index contributed by atoms with van der Waals surface area (Å²) in [5, 5.41) is 0.772. The number of aromatic nitrogens is 1. The van der Waals surface area contributed by atoms with Crippen LogP contribution in [0.1, 0.15) is 50.1 Å². The molecular weight excluding hydrogens is 384 g/mol. The van der Waals surface area contributed by atoms with E-state index in [-0.39, 0.29) is 18.7 Å². The summed E-state index contributed by atoms with van der Waals surface area (Å²) in [6.45, 7) is 3.21. The number of rotatable bonds is 6. The molecule has 0 aliphatic carbocycles. The number of imide groups is 1. The number of carbonyl (C=O) groups excluding carboxylic acids is 4. The van der Waals surface area contributed by atoms with Crippen LogP contribution in [0.3, 0.4) is 0 Å². The van der Waals surface area contributed by atoms with Gasteiger partial charge < -0.3 is 9.72 Å². The van der Waals surface area contributed by atoms with E-state index in [9.17, 15) is 19.2 Å². The highest BCUT2D eigenvalue weighted by molar-refractivity contribution is 6.21. The van der Waals surface area contributed by atoms with Gasteiger partial charge in [-0.25, -0.2) is 0 Å². The minimum Gasteiger partial charge on any atom is -0.454 e. The second-order valence-corrected chi connectivity index (χ2v) is 7.22. The van der Waals surface area contributed by atoms with E-state index in [0.717, 1.165) is 15.8 Å². The summed E-state index contributed by atoms with van der Waals surface area (Å²) in [7, 11) is 0. The van der Waals surface area contributed by atoms with E-state index < -0.39 is 23.9 Å². The molecule has 7 heteroatoms. The Balaban J connectivity index is 1.40. The van der Waals surface area contributed by atoms with E-state index in [1.54, 1.807) is 31.2 Å². The first-order chi connectivity index (χ1) is 14.4. The summed E-state index contributed by atoms with van der Waals surface area (Å²) >= 11 is 0. The highest BCUT2D eigenvalue weighted by Crippen LogP contribution is 2.25. The van der Waals surface area contributed by atoms with Crippen LogP contribution in [-0.2, 0) is 9.53 Å². The molecule has 1 N–H and O–H groups in total. The molecule has 0 saturated carbocycles. The van der Waals surface area contributed by atoms with Crippen molar-refractivity contribution in [1.82, 2.24) is 9.88 Å². The molecule has 0 unspecified atom stereocenters. The van der Waals surface area contributed by atoms with Crippen LogP contribution in [0.2, 0.25) is 0 Å². The highest BCUT2D eigenvalue weighted by atomic mass is 16.5. The molecule has 0 spiro atoms. The highest BCUT2D eigenvalue weighted by Gasteiger charge is 2.35. The van der Waals surface area contributed by atoms with Gasteiger partial charge >= 0.3 is 5.97 Å². The Labute approximate surface area is 172 Å². The van der Waals surface area contributed by atoms with Crippen LogP contribution in [0.4, 0.5) is 0 Å². The van der Waals surface area contributed by atoms with Gasteiger partial charge in [-0.15, -0.1) is 0 Å². The van der Waals surface area contributed by atoms with Crippen LogP contribution in [0.15, 0.2) is 48.5 Å². The molecule has 1 aromatic heterocycles. The number of benzene rings is 2. The number of nitrogens with zero attached hydrogens (tertiary/aromatic N) is 1. The zero-order valence-corrected chi connectivity index (χ0v) is 16.6. The van der Waals surface area contributed by atoms with Crippen LogP contribution in [0.25, 0.3) is 10.9 Å². The average molecular weight is 404 g/mol. The number of ketones is 1. The van der Waals surface area contributed by atoms with Gasteiger partial charge in [-0.2, -0.15) is 0 Å². The molecule has 4 rings (SSSR count). The second-order valence-electron chi connectivity index (χ2n) is 7.22. The van der Waals surface area contributed by atoms with Crippen molar-refractivity contribution < 1.29 is 23.9 Å². The summed E-state index contributed by atoms with van der Waals surface area (Å²) in [6, 6.07) is 13.9. The van der Waals surface area contributed by atoms with Crippen LogP contribution < -0.4 is 0 Å². The Morgan fingerprint density at radius 3 is 2.27 bits per heavy atom. The predicted molar refractivity (Wildman–Crippen MR) is 109 cm³/mol. The minimum absolute atomic E-state index is 0.0990. The number of esters is 1. The number of nitrogens with one attached hydrogen (secondary N) is 1. The minimum atomic E-state index is -0.988. The number of hydrogen-bond acceptors (Lipinski definition) is 5. The van der Waals surface area contributed by atoms with Gasteiger partial charge in [0.05, 0.1) is 17.5 Å². The Bertz CT molecular complexity index is 1160. The fraction of sp³-hybridized carbons (Fsp3) is 0.217. The van der Waals surface area contributed by atoms with Crippen molar-refractivity contribution in [3.05, 3.63) is 70.9 Å². The molecule has 30 heavy (non-hydrogen) atoms. The zero-order valence-electron chi connectivity index (χ0n) is 16.6. The lowest BCUT2D eigenvalue weighted by molar-refractivity contribution is -0.146. The third-order valence-electron chi connectivity index (χ3n) is 5.24. The number of ether oxygens (including phenoxy) is 1. The number of hydrogen-bond donors (Lipinski definition) is 1. The van der Waals surface area contributed by atoms with Crippen LogP contribution in [0.5, 0.6) is 0 Å². The molecule has 152 valence electrons. The van der Waals surface area contributed by atoms with Crippen LogP contribution in [0, 0.1) is 6.92 Å². The van der Waals surface area contributed by atoms with Gasteiger partial charge in [0, 0.05) is 28.7 Å². The zero-order chi connectivity index (χ0) is 21.4. The van der Waals surface area contributed by atoms with E-state index in [2.05, 4.69) is 4.98 Å². The Kier molecular flexibility index (Phi) is 4.95. The number of carbonyl (C=O) groups is 4. The molecular formula is C23H20N2O5. The maximum atomic E-state index is 12.9. The van der Waals surface area contributed by atoms with E-state index in [1.807, 2.05) is 24.3 Å². The smallest absolute Gasteiger partial charge is 0.308 e. The van der Waals surface area contributed by atoms with E-state index in [0.29, 0.717) is 22.4 Å². The van der Waals surface area contributed by atoms with Crippen LogP contribution >= 0.6 is 0 Å². The number of aryl methyl sites for hydroxylation is 1. The van der Waals surface area contributed by atoms with Gasteiger partial charge in [-0.05, 0) is 32.0 Å². The standard InChI is InChI=1S/C23H20N2O5/c1-13-20(17-9-5-6-10-18(17)24-13)21(27)14(2)30-19(26)11-12-25-22(28)15-7-3-4-8-16(15)23(25)29/h3-10,14,24H,11-12H2,1-2H3/t14-/m0/s1. The first kappa shape index (κ1) is 19.6. The van der Waals surface area contributed by atoms with Crippen molar-refractivity contribution in [2.24, 2.45) is 0 Å². The predicted octanol–water partition coefficient (Wildman–Crippen LogP) is 3.28. The second kappa shape index (κ2) is 7.59. The number of fused-ring (bicyclic) bond motifs is 2. The van der Waals surface area contributed by atoms with Gasteiger partial charge in [-0.3, -0.25) is 24.1 Å². The lowest BCUT2D eigenvalue weighted by Crippen LogP contribution is -2.33. The third-order valence-corrected chi connectivity index (χ3v) is 5.24. The van der Waals surface area contributed by atoms with Crippen molar-refractivity contribution in [3.8, 4) is 0 Å². The Morgan fingerprint density at radius 2 is 1.60 bits per heavy atom. The monoisotopic (exact) mass is 404 g/mol. The van der Waals surface area contributed by atoms with Crippen molar-refractivity contribution in [1.29, 1.82) is 0 Å². The maximum absolute atomic E-state index is 12.9. The Hall–Kier alpha value is -3.74. The molecule has 0 bridgehead atoms. The normalized spacial score (nSPS) is 14.1. The molecule has 3 aromatic rings. The molecule has 0 radical (unpaired) electrons. The van der Waals surface area contributed by atoms with Crippen molar-refractivity contribution in [2.45, 2.75) is 26.4 Å². The first-order valence-electron chi connectivity index (χ1n) is 9.64. The summed E-state index contributed by atoms with van der Waals surface area (Å²) in [6.07, 6.45) is -1.17. The fourth-order valence-corrected chi connectivity index (χ4v) is 3.75. The quantitative estimate of drug-likeness (QED) is 0.386. The number of amides is 2. The fourth-order valence-electron chi connectivity index (χ4n) is 3.75. The number of H-pyrrole nitrogens is 1. The van der Waals surface area contributed by atoms with E-state index >= 15 is 0 Å². The molecule has 2 amide bonds. The van der Waals surface area contributed by atoms with Gasteiger partial charge in [0.25, 0.3) is 11.8 Å². The van der Waals surface area contributed by atoms with Crippen molar-refractivity contribution in [2.75, 3.05) is 6.54 Å². The van der Waals surface area contributed by atoms with Gasteiger partial charge in [0.2, 0.25) is 5.78 Å². The maximum Gasteiger partial charge on any atom is 0.308 e. The summed E-state index contributed by atoms with van der Waals surface area (Å²) < 4.78 is 5.30. The van der Waals surface area contributed by atoms with Crippen LogP contribution in [-0.4, -0.2) is 46.1 Å².